The second-order valence-electron chi connectivity index (χ2n) is 3.23. The molecule has 2 rings (SSSR count). The molecule has 64 valence electrons. The Morgan fingerprint density at radius 1 is 1.58 bits per heavy atom. The van der Waals surface area contributed by atoms with Gasteiger partial charge in [-0.3, -0.25) is 0 Å². The highest BCUT2D eigenvalue weighted by molar-refractivity contribution is 7.79. The predicted molar refractivity (Wildman–Crippen MR) is 52.9 cm³/mol. The Labute approximate surface area is 78.2 Å². The van der Waals surface area contributed by atoms with Gasteiger partial charge in [0.25, 0.3) is 0 Å². The summed E-state index contributed by atoms with van der Waals surface area (Å²) < 4.78 is 5.58. The van der Waals surface area contributed by atoms with Gasteiger partial charge in [-0.15, -0.1) is 0 Å². The molecule has 0 bridgehead atoms. The summed E-state index contributed by atoms with van der Waals surface area (Å²) in [6, 6.07) is 6.31. The molecule has 0 saturated heterocycles. The number of fused-ring (bicyclic) bond motifs is 1. The highest BCUT2D eigenvalue weighted by Gasteiger charge is 2.18. The highest BCUT2D eigenvalue weighted by Crippen LogP contribution is 2.29. The van der Waals surface area contributed by atoms with Gasteiger partial charge in [-0.05, 0) is 24.1 Å². The molecule has 2 heteroatoms. The van der Waals surface area contributed by atoms with Gasteiger partial charge in [-0.1, -0.05) is 12.1 Å². The van der Waals surface area contributed by atoms with Crippen LogP contribution in [0.25, 0.3) is 0 Å². The standard InChI is InChI=1S/C10H12OS/c1-7-4-9-5-8(6-12)2-3-10(9)11-7/h2-3,5,7,12H,4,6H2,1H3. The maximum absolute atomic E-state index is 5.58. The lowest BCUT2D eigenvalue weighted by Gasteiger charge is -2.02. The van der Waals surface area contributed by atoms with Crippen LogP contribution in [0.15, 0.2) is 18.2 Å². The van der Waals surface area contributed by atoms with E-state index in [0.717, 1.165) is 17.9 Å². The Morgan fingerprint density at radius 3 is 3.17 bits per heavy atom. The van der Waals surface area contributed by atoms with Crippen molar-refractivity contribution in [3.8, 4) is 5.75 Å². The molecule has 1 unspecified atom stereocenters. The SMILES string of the molecule is CC1Cc2cc(CS)ccc2O1. The molecule has 0 aliphatic carbocycles. The average Bonchev–Trinajstić information content (AvgIpc) is 2.43. The summed E-state index contributed by atoms with van der Waals surface area (Å²) in [6.07, 6.45) is 1.38. The first kappa shape index (κ1) is 7.99. The van der Waals surface area contributed by atoms with Gasteiger partial charge in [0.05, 0.1) is 0 Å². The van der Waals surface area contributed by atoms with Crippen LogP contribution in [0.3, 0.4) is 0 Å². The Bertz CT molecular complexity index is 296. The molecule has 0 saturated carbocycles. The van der Waals surface area contributed by atoms with E-state index < -0.39 is 0 Å². The number of hydrogen-bond acceptors (Lipinski definition) is 2. The van der Waals surface area contributed by atoms with E-state index in [1.165, 1.54) is 11.1 Å². The molecule has 1 aromatic carbocycles. The summed E-state index contributed by atoms with van der Waals surface area (Å²) in [5, 5.41) is 0. The van der Waals surface area contributed by atoms with E-state index in [2.05, 4.69) is 31.7 Å². The van der Waals surface area contributed by atoms with Crippen molar-refractivity contribution < 1.29 is 4.74 Å². The third kappa shape index (κ3) is 1.31. The summed E-state index contributed by atoms with van der Waals surface area (Å²) in [6.45, 7) is 2.10. The van der Waals surface area contributed by atoms with E-state index in [-0.39, 0.29) is 0 Å². The Kier molecular flexibility index (Phi) is 2.01. The first-order valence-electron chi connectivity index (χ1n) is 4.19. The lowest BCUT2D eigenvalue weighted by Crippen LogP contribution is -2.05. The lowest BCUT2D eigenvalue weighted by atomic mass is 10.1. The van der Waals surface area contributed by atoms with Crippen LogP contribution in [0.5, 0.6) is 5.75 Å². The van der Waals surface area contributed by atoms with Gasteiger partial charge in [-0.2, -0.15) is 12.6 Å². The zero-order chi connectivity index (χ0) is 8.55. The molecule has 1 atom stereocenters. The van der Waals surface area contributed by atoms with Crippen LogP contribution in [0.2, 0.25) is 0 Å². The monoisotopic (exact) mass is 180 g/mol. The van der Waals surface area contributed by atoms with Crippen molar-refractivity contribution >= 4 is 12.6 Å². The van der Waals surface area contributed by atoms with Gasteiger partial charge in [0.1, 0.15) is 11.9 Å². The smallest absolute Gasteiger partial charge is 0.123 e. The van der Waals surface area contributed by atoms with E-state index in [1.807, 2.05) is 6.07 Å². The van der Waals surface area contributed by atoms with Gasteiger partial charge in [0.15, 0.2) is 0 Å². The fourth-order valence-electron chi connectivity index (χ4n) is 1.57. The molecular weight excluding hydrogens is 168 g/mol. The van der Waals surface area contributed by atoms with Crippen LogP contribution in [0.1, 0.15) is 18.1 Å². The second kappa shape index (κ2) is 3.02. The quantitative estimate of drug-likeness (QED) is 0.653. The first-order valence-corrected chi connectivity index (χ1v) is 4.82. The van der Waals surface area contributed by atoms with Crippen LogP contribution in [0.4, 0.5) is 0 Å². The fraction of sp³-hybridized carbons (Fsp3) is 0.400. The number of ether oxygens (including phenoxy) is 1. The second-order valence-corrected chi connectivity index (χ2v) is 3.55. The normalized spacial score (nSPS) is 20.3. The molecule has 1 aliphatic heterocycles. The van der Waals surface area contributed by atoms with E-state index in [1.54, 1.807) is 0 Å². The minimum atomic E-state index is 0.343. The molecule has 1 nitrogen and oxygen atoms in total. The van der Waals surface area contributed by atoms with Crippen LogP contribution in [-0.4, -0.2) is 6.10 Å². The number of rotatable bonds is 1. The summed E-state index contributed by atoms with van der Waals surface area (Å²) in [4.78, 5) is 0. The largest absolute Gasteiger partial charge is 0.490 e. The minimum Gasteiger partial charge on any atom is -0.490 e. The molecule has 0 N–H and O–H groups in total. The third-order valence-corrected chi connectivity index (χ3v) is 2.51. The van der Waals surface area contributed by atoms with Crippen molar-refractivity contribution in [1.29, 1.82) is 0 Å². The van der Waals surface area contributed by atoms with Crippen molar-refractivity contribution in [3.05, 3.63) is 29.3 Å². The minimum absolute atomic E-state index is 0.343. The molecule has 1 aromatic rings. The van der Waals surface area contributed by atoms with Gasteiger partial charge < -0.3 is 4.74 Å². The van der Waals surface area contributed by atoms with E-state index in [9.17, 15) is 0 Å². The van der Waals surface area contributed by atoms with Crippen LogP contribution in [0, 0.1) is 0 Å². The molecule has 12 heavy (non-hydrogen) atoms. The fourth-order valence-corrected chi connectivity index (χ4v) is 1.77. The highest BCUT2D eigenvalue weighted by atomic mass is 32.1. The third-order valence-electron chi connectivity index (χ3n) is 2.14. The molecule has 0 aromatic heterocycles. The zero-order valence-electron chi connectivity index (χ0n) is 7.08. The molecule has 0 radical (unpaired) electrons. The number of benzene rings is 1. The number of thiol groups is 1. The summed E-state index contributed by atoms with van der Waals surface area (Å²) in [5.41, 5.74) is 2.60. The topological polar surface area (TPSA) is 9.23 Å². The van der Waals surface area contributed by atoms with Crippen molar-refractivity contribution in [3.63, 3.8) is 0 Å². The van der Waals surface area contributed by atoms with Gasteiger partial charge in [0.2, 0.25) is 0 Å². The molecule has 1 heterocycles. The molecule has 1 aliphatic rings. The Morgan fingerprint density at radius 2 is 2.42 bits per heavy atom. The van der Waals surface area contributed by atoms with Crippen LogP contribution < -0.4 is 4.74 Å². The first-order chi connectivity index (χ1) is 5.79. The van der Waals surface area contributed by atoms with Crippen molar-refractivity contribution in [2.45, 2.75) is 25.2 Å². The van der Waals surface area contributed by atoms with Crippen LogP contribution >= 0.6 is 12.6 Å². The maximum atomic E-state index is 5.58. The predicted octanol–water partition coefficient (Wildman–Crippen LogP) is 2.44. The summed E-state index contributed by atoms with van der Waals surface area (Å²) in [7, 11) is 0. The van der Waals surface area contributed by atoms with E-state index >= 15 is 0 Å². The van der Waals surface area contributed by atoms with Crippen molar-refractivity contribution in [2.75, 3.05) is 0 Å². The van der Waals surface area contributed by atoms with E-state index in [4.69, 9.17) is 4.74 Å². The van der Waals surface area contributed by atoms with Gasteiger partial charge in [0, 0.05) is 12.2 Å². The lowest BCUT2D eigenvalue weighted by molar-refractivity contribution is 0.254. The molecule has 0 spiro atoms. The average molecular weight is 180 g/mol. The molecule has 0 fully saturated rings. The van der Waals surface area contributed by atoms with Crippen LogP contribution in [-0.2, 0) is 12.2 Å². The number of hydrogen-bond donors (Lipinski definition) is 1. The van der Waals surface area contributed by atoms with Gasteiger partial charge >= 0.3 is 0 Å². The van der Waals surface area contributed by atoms with Gasteiger partial charge in [-0.25, -0.2) is 0 Å². The molecular formula is C10H12OS. The van der Waals surface area contributed by atoms with Crippen molar-refractivity contribution in [2.24, 2.45) is 0 Å². The van der Waals surface area contributed by atoms with E-state index in [0.29, 0.717) is 6.10 Å². The summed E-state index contributed by atoms with van der Waals surface area (Å²) in [5.74, 6) is 1.86. The Balaban J connectivity index is 2.35. The van der Waals surface area contributed by atoms with Crippen molar-refractivity contribution in [1.82, 2.24) is 0 Å². The molecule has 0 amide bonds. The Hall–Kier alpha value is -0.630. The maximum Gasteiger partial charge on any atom is 0.123 e. The summed E-state index contributed by atoms with van der Waals surface area (Å²) >= 11 is 4.23. The zero-order valence-corrected chi connectivity index (χ0v) is 7.97.